The van der Waals surface area contributed by atoms with Crippen LogP contribution >= 0.6 is 23.2 Å². The number of halogens is 2. The third-order valence-corrected chi connectivity index (χ3v) is 4.12. The number of anilines is 1. The van der Waals surface area contributed by atoms with Crippen molar-refractivity contribution in [3.63, 3.8) is 0 Å². The fourth-order valence-corrected chi connectivity index (χ4v) is 2.25. The van der Waals surface area contributed by atoms with Crippen molar-refractivity contribution in [2.45, 2.75) is 5.03 Å². The Kier molecular flexibility index (Phi) is 4.46. The minimum atomic E-state index is -3.38. The van der Waals surface area contributed by atoms with Crippen LogP contribution in [0.4, 0.5) is 5.69 Å². The van der Waals surface area contributed by atoms with Crippen LogP contribution in [-0.4, -0.2) is 30.5 Å². The van der Waals surface area contributed by atoms with Crippen molar-refractivity contribution >= 4 is 44.6 Å². The molecular formula is C12H9Cl2N3O3S. The maximum atomic E-state index is 12.0. The zero-order valence-electron chi connectivity index (χ0n) is 10.7. The van der Waals surface area contributed by atoms with E-state index in [0.717, 1.165) is 6.26 Å². The molecule has 2 rings (SSSR count). The van der Waals surface area contributed by atoms with Crippen LogP contribution in [0, 0.1) is 0 Å². The molecule has 0 aliphatic rings. The van der Waals surface area contributed by atoms with Gasteiger partial charge in [-0.05, 0) is 18.2 Å². The summed E-state index contributed by atoms with van der Waals surface area (Å²) in [5, 5.41) is 2.74. The van der Waals surface area contributed by atoms with E-state index in [-0.39, 0.29) is 20.8 Å². The molecular weight excluding hydrogens is 337 g/mol. The number of pyridine rings is 2. The Morgan fingerprint density at radius 1 is 1.19 bits per heavy atom. The van der Waals surface area contributed by atoms with Gasteiger partial charge in [0.2, 0.25) is 0 Å². The van der Waals surface area contributed by atoms with Crippen LogP contribution in [0.25, 0.3) is 0 Å². The number of nitrogens with zero attached hydrogens (tertiary/aromatic N) is 2. The van der Waals surface area contributed by atoms with Gasteiger partial charge >= 0.3 is 0 Å². The van der Waals surface area contributed by atoms with Crippen molar-refractivity contribution in [2.24, 2.45) is 0 Å². The van der Waals surface area contributed by atoms with Crippen molar-refractivity contribution < 1.29 is 13.2 Å². The first kappa shape index (κ1) is 15.7. The molecule has 0 aliphatic carbocycles. The lowest BCUT2D eigenvalue weighted by Gasteiger charge is -2.06. The van der Waals surface area contributed by atoms with Crippen LogP contribution in [0.2, 0.25) is 10.2 Å². The molecule has 0 radical (unpaired) electrons. The molecule has 6 nitrogen and oxygen atoms in total. The van der Waals surface area contributed by atoms with E-state index in [0.29, 0.717) is 5.69 Å². The van der Waals surface area contributed by atoms with Gasteiger partial charge in [0.15, 0.2) is 14.9 Å². The molecule has 0 atom stereocenters. The standard InChI is InChI=1S/C12H9Cl2N3O3S/c1-21(19,20)10-3-2-8(6-15-10)17-12(18)7-4-9(13)11(14)16-5-7/h2-6H,1H3,(H,17,18). The Bertz CT molecular complexity index is 792. The van der Waals surface area contributed by atoms with Gasteiger partial charge in [-0.15, -0.1) is 0 Å². The highest BCUT2D eigenvalue weighted by Crippen LogP contribution is 2.20. The van der Waals surface area contributed by atoms with E-state index in [4.69, 9.17) is 23.2 Å². The minimum Gasteiger partial charge on any atom is -0.321 e. The van der Waals surface area contributed by atoms with Crippen LogP contribution in [0.3, 0.4) is 0 Å². The molecule has 0 aromatic carbocycles. The molecule has 2 aromatic heterocycles. The first-order valence-electron chi connectivity index (χ1n) is 5.56. The normalized spacial score (nSPS) is 11.2. The zero-order valence-corrected chi connectivity index (χ0v) is 13.0. The van der Waals surface area contributed by atoms with E-state index in [9.17, 15) is 13.2 Å². The molecule has 2 heterocycles. The summed E-state index contributed by atoms with van der Waals surface area (Å²) in [4.78, 5) is 19.5. The molecule has 0 aliphatic heterocycles. The average molecular weight is 346 g/mol. The molecule has 9 heteroatoms. The number of carbonyl (C=O) groups is 1. The summed E-state index contributed by atoms with van der Waals surface area (Å²) in [6.07, 6.45) is 3.58. The van der Waals surface area contributed by atoms with Gasteiger partial charge in [-0.1, -0.05) is 23.2 Å². The molecule has 0 saturated carbocycles. The van der Waals surface area contributed by atoms with E-state index >= 15 is 0 Å². The number of rotatable bonds is 3. The van der Waals surface area contributed by atoms with Gasteiger partial charge in [-0.25, -0.2) is 18.4 Å². The molecule has 21 heavy (non-hydrogen) atoms. The van der Waals surface area contributed by atoms with Gasteiger partial charge in [0.05, 0.1) is 22.5 Å². The van der Waals surface area contributed by atoms with Crippen LogP contribution < -0.4 is 5.32 Å². The maximum absolute atomic E-state index is 12.0. The summed E-state index contributed by atoms with van der Waals surface area (Å²) in [6.45, 7) is 0. The number of amides is 1. The van der Waals surface area contributed by atoms with Gasteiger partial charge in [-0.2, -0.15) is 0 Å². The number of sulfone groups is 1. The largest absolute Gasteiger partial charge is 0.321 e. The van der Waals surface area contributed by atoms with Gasteiger partial charge < -0.3 is 5.32 Å². The Morgan fingerprint density at radius 2 is 1.90 bits per heavy atom. The summed E-state index contributed by atoms with van der Waals surface area (Å²) >= 11 is 11.4. The van der Waals surface area contributed by atoms with E-state index in [1.54, 1.807) is 0 Å². The fraction of sp³-hybridized carbons (Fsp3) is 0.0833. The van der Waals surface area contributed by atoms with Gasteiger partial charge in [0, 0.05) is 12.5 Å². The Labute approximate surface area is 131 Å². The monoisotopic (exact) mass is 345 g/mol. The van der Waals surface area contributed by atoms with Crippen molar-refractivity contribution in [1.82, 2.24) is 9.97 Å². The first-order valence-corrected chi connectivity index (χ1v) is 8.20. The summed E-state index contributed by atoms with van der Waals surface area (Å²) in [5.74, 6) is -0.463. The highest BCUT2D eigenvalue weighted by Gasteiger charge is 2.11. The second-order valence-electron chi connectivity index (χ2n) is 4.11. The van der Waals surface area contributed by atoms with Crippen molar-refractivity contribution in [2.75, 3.05) is 11.6 Å². The van der Waals surface area contributed by atoms with Crippen LogP contribution in [0.1, 0.15) is 10.4 Å². The van der Waals surface area contributed by atoms with Crippen molar-refractivity contribution in [1.29, 1.82) is 0 Å². The Hall–Kier alpha value is -1.70. The fourth-order valence-electron chi connectivity index (χ4n) is 1.42. The lowest BCUT2D eigenvalue weighted by atomic mass is 10.2. The average Bonchev–Trinajstić information content (AvgIpc) is 2.41. The first-order chi connectivity index (χ1) is 9.77. The smallest absolute Gasteiger partial charge is 0.257 e. The van der Waals surface area contributed by atoms with Crippen LogP contribution in [0.5, 0.6) is 0 Å². The lowest BCUT2D eigenvalue weighted by molar-refractivity contribution is 0.102. The minimum absolute atomic E-state index is 0.0725. The third kappa shape index (κ3) is 3.90. The second kappa shape index (κ2) is 5.97. The van der Waals surface area contributed by atoms with Crippen LogP contribution in [0.15, 0.2) is 35.6 Å². The SMILES string of the molecule is CS(=O)(=O)c1ccc(NC(=O)c2cnc(Cl)c(Cl)c2)cn1. The molecule has 110 valence electrons. The molecule has 1 N–H and O–H groups in total. The maximum Gasteiger partial charge on any atom is 0.257 e. The molecule has 1 amide bonds. The highest BCUT2D eigenvalue weighted by atomic mass is 35.5. The topological polar surface area (TPSA) is 89.0 Å². The predicted molar refractivity (Wildman–Crippen MR) is 79.6 cm³/mol. The number of nitrogens with one attached hydrogen (secondary N) is 1. The molecule has 0 saturated heterocycles. The van der Waals surface area contributed by atoms with E-state index in [2.05, 4.69) is 15.3 Å². The van der Waals surface area contributed by atoms with Crippen LogP contribution in [-0.2, 0) is 9.84 Å². The van der Waals surface area contributed by atoms with Crippen molar-refractivity contribution in [3.05, 3.63) is 46.3 Å². The number of hydrogen-bond acceptors (Lipinski definition) is 5. The lowest BCUT2D eigenvalue weighted by Crippen LogP contribution is -2.13. The van der Waals surface area contributed by atoms with Crippen molar-refractivity contribution in [3.8, 4) is 0 Å². The number of hydrogen-bond donors (Lipinski definition) is 1. The molecule has 0 bridgehead atoms. The molecule has 0 fully saturated rings. The second-order valence-corrected chi connectivity index (χ2v) is 6.84. The van der Waals surface area contributed by atoms with Gasteiger partial charge in [-0.3, -0.25) is 4.79 Å². The molecule has 2 aromatic rings. The molecule has 0 unspecified atom stereocenters. The summed E-state index contributed by atoms with van der Waals surface area (Å²) in [5.41, 5.74) is 0.565. The third-order valence-electron chi connectivity index (χ3n) is 2.43. The van der Waals surface area contributed by atoms with E-state index < -0.39 is 15.7 Å². The molecule has 0 spiro atoms. The number of aromatic nitrogens is 2. The summed E-state index contributed by atoms with van der Waals surface area (Å²) < 4.78 is 22.5. The van der Waals surface area contributed by atoms with Gasteiger partial charge in [0.25, 0.3) is 5.91 Å². The van der Waals surface area contributed by atoms with E-state index in [1.165, 1.54) is 30.6 Å². The predicted octanol–water partition coefficient (Wildman–Crippen LogP) is 2.44. The van der Waals surface area contributed by atoms with E-state index in [1.807, 2.05) is 0 Å². The summed E-state index contributed by atoms with van der Waals surface area (Å²) in [6, 6.07) is 4.12. The number of carbonyl (C=O) groups excluding carboxylic acids is 1. The van der Waals surface area contributed by atoms with Gasteiger partial charge in [0.1, 0.15) is 5.15 Å². The quantitative estimate of drug-likeness (QED) is 0.863. The zero-order chi connectivity index (χ0) is 15.6. The Balaban J connectivity index is 2.18. The summed E-state index contributed by atoms with van der Waals surface area (Å²) in [7, 11) is -3.38. The Morgan fingerprint density at radius 3 is 2.43 bits per heavy atom. The highest BCUT2D eigenvalue weighted by molar-refractivity contribution is 7.90.